The predicted molar refractivity (Wildman–Crippen MR) is 96.4 cm³/mol. The fourth-order valence-electron chi connectivity index (χ4n) is 2.06. The molecule has 2 aromatic rings. The Labute approximate surface area is 148 Å². The number of nitrogens with zero attached hydrogens (tertiary/aromatic N) is 3. The van der Waals surface area contributed by atoms with Gasteiger partial charge in [0.15, 0.2) is 5.69 Å². The topological polar surface area (TPSA) is 88.1 Å². The number of rotatable bonds is 5. The van der Waals surface area contributed by atoms with Crippen molar-refractivity contribution in [1.82, 2.24) is 0 Å². The van der Waals surface area contributed by atoms with Gasteiger partial charge >= 0.3 is 0 Å². The highest BCUT2D eigenvalue weighted by Gasteiger charge is 2.19. The molecule has 0 bridgehead atoms. The molecule has 0 spiro atoms. The van der Waals surface area contributed by atoms with E-state index in [0.717, 1.165) is 12.0 Å². The van der Waals surface area contributed by atoms with E-state index >= 15 is 0 Å². The SMILES string of the molecule is CCC(C)(C)c1ccc(O)c(N=Nc2ccc(Br)cc2[N+](=O)[O-])c1. The van der Waals surface area contributed by atoms with Crippen LogP contribution in [0.3, 0.4) is 0 Å². The molecule has 6 nitrogen and oxygen atoms in total. The number of benzene rings is 2. The number of aromatic hydroxyl groups is 1. The second kappa shape index (κ2) is 7.09. The van der Waals surface area contributed by atoms with Crippen LogP contribution in [0, 0.1) is 10.1 Å². The van der Waals surface area contributed by atoms with E-state index in [-0.39, 0.29) is 28.2 Å². The van der Waals surface area contributed by atoms with Crippen molar-refractivity contribution in [3.05, 3.63) is 56.5 Å². The standard InChI is InChI=1S/C17H18BrN3O3/c1-4-17(2,3)11-5-8-16(22)14(9-11)20-19-13-7-6-12(18)10-15(13)21(23)24/h5-10,22H,4H2,1-3H3. The molecule has 0 unspecified atom stereocenters. The number of halogens is 1. The lowest BCUT2D eigenvalue weighted by Gasteiger charge is -2.23. The van der Waals surface area contributed by atoms with Crippen LogP contribution in [0.4, 0.5) is 17.1 Å². The lowest BCUT2D eigenvalue weighted by Crippen LogP contribution is -2.14. The Hall–Kier alpha value is -2.28. The maximum atomic E-state index is 11.1. The minimum atomic E-state index is -0.518. The molecule has 0 aromatic heterocycles. The van der Waals surface area contributed by atoms with E-state index in [4.69, 9.17) is 0 Å². The van der Waals surface area contributed by atoms with Gasteiger partial charge in [0.2, 0.25) is 0 Å². The molecule has 0 amide bonds. The summed E-state index contributed by atoms with van der Waals surface area (Å²) in [6, 6.07) is 9.69. The smallest absolute Gasteiger partial charge is 0.297 e. The van der Waals surface area contributed by atoms with Crippen molar-refractivity contribution in [1.29, 1.82) is 0 Å². The van der Waals surface area contributed by atoms with Gasteiger partial charge in [-0.25, -0.2) is 0 Å². The largest absolute Gasteiger partial charge is 0.506 e. The van der Waals surface area contributed by atoms with Crippen LogP contribution in [0.2, 0.25) is 0 Å². The van der Waals surface area contributed by atoms with Gasteiger partial charge < -0.3 is 5.11 Å². The van der Waals surface area contributed by atoms with E-state index in [2.05, 4.69) is 46.9 Å². The van der Waals surface area contributed by atoms with Gasteiger partial charge in [-0.3, -0.25) is 10.1 Å². The molecule has 0 heterocycles. The Morgan fingerprint density at radius 1 is 1.17 bits per heavy atom. The van der Waals surface area contributed by atoms with Gasteiger partial charge in [-0.15, -0.1) is 10.2 Å². The molecule has 0 saturated heterocycles. The Kier molecular flexibility index (Phi) is 5.33. The molecule has 2 rings (SSSR count). The molecule has 0 fully saturated rings. The lowest BCUT2D eigenvalue weighted by atomic mass is 9.82. The summed E-state index contributed by atoms with van der Waals surface area (Å²) >= 11 is 3.19. The zero-order valence-corrected chi connectivity index (χ0v) is 15.2. The molecule has 2 aromatic carbocycles. The van der Waals surface area contributed by atoms with Crippen molar-refractivity contribution in [2.24, 2.45) is 10.2 Å². The first-order valence-corrected chi connectivity index (χ1v) is 8.23. The summed E-state index contributed by atoms with van der Waals surface area (Å²) in [4.78, 5) is 10.6. The molecule has 1 N–H and O–H groups in total. The lowest BCUT2D eigenvalue weighted by molar-refractivity contribution is -0.384. The van der Waals surface area contributed by atoms with Gasteiger partial charge in [-0.05, 0) is 41.7 Å². The summed E-state index contributed by atoms with van der Waals surface area (Å²) in [6.45, 7) is 6.28. The number of azo groups is 1. The van der Waals surface area contributed by atoms with Gasteiger partial charge in [0.1, 0.15) is 11.4 Å². The zero-order chi connectivity index (χ0) is 17.9. The number of phenols is 1. The summed E-state index contributed by atoms with van der Waals surface area (Å²) in [5.74, 6) is -0.0193. The quantitative estimate of drug-likeness (QED) is 0.375. The highest BCUT2D eigenvalue weighted by Crippen LogP contribution is 2.37. The summed E-state index contributed by atoms with van der Waals surface area (Å²) < 4.78 is 0.586. The number of nitro groups is 1. The van der Waals surface area contributed by atoms with Crippen LogP contribution in [0.15, 0.2) is 51.1 Å². The van der Waals surface area contributed by atoms with Crippen LogP contribution in [0.5, 0.6) is 5.75 Å². The fourth-order valence-corrected chi connectivity index (χ4v) is 2.41. The van der Waals surface area contributed by atoms with Crippen LogP contribution < -0.4 is 0 Å². The van der Waals surface area contributed by atoms with Gasteiger partial charge in [0.05, 0.1) is 4.92 Å². The van der Waals surface area contributed by atoms with E-state index < -0.39 is 4.92 Å². The third kappa shape index (κ3) is 3.97. The Balaban J connectivity index is 2.43. The highest BCUT2D eigenvalue weighted by atomic mass is 79.9. The van der Waals surface area contributed by atoms with Crippen molar-refractivity contribution in [2.45, 2.75) is 32.6 Å². The third-order valence-electron chi connectivity index (χ3n) is 4.04. The monoisotopic (exact) mass is 391 g/mol. The Bertz CT molecular complexity index is 804. The first-order valence-electron chi connectivity index (χ1n) is 7.44. The fraction of sp³-hybridized carbons (Fsp3) is 0.294. The predicted octanol–water partition coefficient (Wildman–Crippen LogP) is 6.17. The van der Waals surface area contributed by atoms with Crippen LogP contribution in [0.25, 0.3) is 0 Å². The molecule has 0 aliphatic heterocycles. The highest BCUT2D eigenvalue weighted by molar-refractivity contribution is 9.10. The summed E-state index contributed by atoms with van der Waals surface area (Å²) in [5, 5.41) is 29.1. The van der Waals surface area contributed by atoms with E-state index in [9.17, 15) is 15.2 Å². The Morgan fingerprint density at radius 3 is 2.46 bits per heavy atom. The van der Waals surface area contributed by atoms with Crippen molar-refractivity contribution < 1.29 is 10.0 Å². The van der Waals surface area contributed by atoms with E-state index in [0.29, 0.717) is 4.47 Å². The number of phenolic OH excluding ortho intramolecular Hbond substituents is 1. The van der Waals surface area contributed by atoms with Gasteiger partial charge in [0, 0.05) is 10.5 Å². The van der Waals surface area contributed by atoms with Crippen molar-refractivity contribution >= 4 is 33.0 Å². The maximum Gasteiger partial charge on any atom is 0.297 e. The maximum absolute atomic E-state index is 11.1. The van der Waals surface area contributed by atoms with Gasteiger partial charge in [-0.2, -0.15) is 0 Å². The molecule has 0 radical (unpaired) electrons. The second-order valence-corrected chi connectivity index (χ2v) is 6.95. The van der Waals surface area contributed by atoms with Crippen molar-refractivity contribution in [2.75, 3.05) is 0 Å². The van der Waals surface area contributed by atoms with Crippen LogP contribution in [-0.2, 0) is 5.41 Å². The number of hydrogen-bond acceptors (Lipinski definition) is 5. The molecule has 126 valence electrons. The molecule has 24 heavy (non-hydrogen) atoms. The normalized spacial score (nSPS) is 11.8. The van der Waals surface area contributed by atoms with Crippen LogP contribution in [0.1, 0.15) is 32.8 Å². The first-order chi connectivity index (χ1) is 11.2. The Morgan fingerprint density at radius 2 is 1.83 bits per heavy atom. The molecular formula is C17H18BrN3O3. The zero-order valence-electron chi connectivity index (χ0n) is 13.7. The minimum absolute atomic E-state index is 0.0193. The molecule has 0 saturated carbocycles. The van der Waals surface area contributed by atoms with Crippen LogP contribution >= 0.6 is 15.9 Å². The average molecular weight is 392 g/mol. The molecule has 0 aliphatic rings. The van der Waals surface area contributed by atoms with E-state index in [1.165, 1.54) is 12.1 Å². The van der Waals surface area contributed by atoms with Crippen molar-refractivity contribution in [3.63, 3.8) is 0 Å². The molecule has 0 atom stereocenters. The van der Waals surface area contributed by atoms with Crippen LogP contribution in [-0.4, -0.2) is 10.0 Å². The summed E-state index contributed by atoms with van der Waals surface area (Å²) in [7, 11) is 0. The minimum Gasteiger partial charge on any atom is -0.506 e. The van der Waals surface area contributed by atoms with Gasteiger partial charge in [-0.1, -0.05) is 42.8 Å². The second-order valence-electron chi connectivity index (χ2n) is 6.03. The van der Waals surface area contributed by atoms with E-state index in [1.54, 1.807) is 18.2 Å². The molecular weight excluding hydrogens is 374 g/mol. The van der Waals surface area contributed by atoms with Gasteiger partial charge in [0.25, 0.3) is 5.69 Å². The molecule has 7 heteroatoms. The molecule has 0 aliphatic carbocycles. The average Bonchev–Trinajstić information content (AvgIpc) is 2.54. The number of nitro benzene ring substituents is 1. The number of hydrogen-bond donors (Lipinski definition) is 1. The summed E-state index contributed by atoms with van der Waals surface area (Å²) in [6.07, 6.45) is 0.923. The summed E-state index contributed by atoms with van der Waals surface area (Å²) in [5.41, 5.74) is 1.20. The third-order valence-corrected chi connectivity index (χ3v) is 4.53. The first kappa shape index (κ1) is 18.1. The van der Waals surface area contributed by atoms with E-state index in [1.807, 2.05) is 6.07 Å². The van der Waals surface area contributed by atoms with Crippen molar-refractivity contribution in [3.8, 4) is 5.75 Å².